The number of aryl methyl sites for hydroxylation is 1. The van der Waals surface area contributed by atoms with Crippen molar-refractivity contribution in [2.24, 2.45) is 5.41 Å². The van der Waals surface area contributed by atoms with Crippen LogP contribution in [0, 0.1) is 12.3 Å². The summed E-state index contributed by atoms with van der Waals surface area (Å²) in [6, 6.07) is 19.2. The van der Waals surface area contributed by atoms with Gasteiger partial charge in [-0.25, -0.2) is 9.97 Å². The highest BCUT2D eigenvalue weighted by Gasteiger charge is 2.51. The van der Waals surface area contributed by atoms with Gasteiger partial charge in [-0.15, -0.1) is 0 Å². The fourth-order valence-electron chi connectivity index (χ4n) is 7.24. The summed E-state index contributed by atoms with van der Waals surface area (Å²) in [5.41, 5.74) is 8.66. The van der Waals surface area contributed by atoms with Crippen molar-refractivity contribution in [1.82, 2.24) is 20.2 Å². The third-order valence-corrected chi connectivity index (χ3v) is 9.78. The molecule has 7 heteroatoms. The Morgan fingerprint density at radius 3 is 2.22 bits per heavy atom. The van der Waals surface area contributed by atoms with E-state index in [-0.39, 0.29) is 17.9 Å². The van der Waals surface area contributed by atoms with Gasteiger partial charge in [0.25, 0.3) is 5.91 Å². The van der Waals surface area contributed by atoms with E-state index in [0.29, 0.717) is 17.2 Å². The molecule has 3 aliphatic heterocycles. The fraction of sp³-hybridized carbons (Fsp3) is 0.500. The molecule has 1 aromatic heterocycles. The van der Waals surface area contributed by atoms with Crippen LogP contribution in [0.25, 0.3) is 5.57 Å². The number of allylic oxidation sites excluding steroid dienone is 1. The maximum atomic E-state index is 13.1. The Morgan fingerprint density at radius 1 is 0.956 bits per heavy atom. The van der Waals surface area contributed by atoms with Crippen LogP contribution in [0.4, 0.5) is 0 Å². The Labute approximate surface area is 268 Å². The Balaban J connectivity index is 0.00000175. The summed E-state index contributed by atoms with van der Waals surface area (Å²) in [7, 11) is 0. The van der Waals surface area contributed by atoms with Crippen molar-refractivity contribution >= 4 is 11.5 Å². The van der Waals surface area contributed by atoms with Gasteiger partial charge in [0.1, 0.15) is 11.5 Å². The van der Waals surface area contributed by atoms with E-state index in [9.17, 15) is 4.79 Å². The molecule has 7 rings (SSSR count). The molecule has 4 heterocycles. The van der Waals surface area contributed by atoms with Crippen LogP contribution in [0.2, 0.25) is 0 Å². The summed E-state index contributed by atoms with van der Waals surface area (Å²) < 4.78 is 11.1. The molecule has 2 atom stereocenters. The van der Waals surface area contributed by atoms with Crippen molar-refractivity contribution in [2.45, 2.75) is 77.9 Å². The molecule has 4 fully saturated rings. The molecule has 1 unspecified atom stereocenters. The summed E-state index contributed by atoms with van der Waals surface area (Å²) in [6.45, 7) is 14.0. The topological polar surface area (TPSA) is 76.6 Å². The fourth-order valence-corrected chi connectivity index (χ4v) is 7.24. The standard InChI is InChI=1S/C36H42N4O3.C2H6/c1-24-3-5-27(6-4-24)33(30-19-36(20-30)22-40(23-36)21-31-14-18-43-31)28-9-7-26(8-10-28)25(2)38-35(41)32-11-15-37-34(39-32)29-12-16-42-17-13-29;1-2/h3-11,15,25,29,31H,12-14,16-23H2,1-2H3,(H,38,41);1-2H3/t25?,31-;/m1./s1. The molecule has 1 amide bonds. The van der Waals surface area contributed by atoms with Crippen LogP contribution in [0.5, 0.6) is 0 Å². The van der Waals surface area contributed by atoms with Crippen LogP contribution in [0.15, 0.2) is 66.4 Å². The predicted octanol–water partition coefficient (Wildman–Crippen LogP) is 6.88. The monoisotopic (exact) mass is 608 g/mol. The van der Waals surface area contributed by atoms with Gasteiger partial charge < -0.3 is 14.8 Å². The molecule has 238 valence electrons. The molecular formula is C38H48N4O3. The molecule has 45 heavy (non-hydrogen) atoms. The largest absolute Gasteiger partial charge is 0.381 e. The maximum Gasteiger partial charge on any atom is 0.270 e. The van der Waals surface area contributed by atoms with Crippen molar-refractivity contribution in [3.8, 4) is 0 Å². The highest BCUT2D eigenvalue weighted by molar-refractivity contribution is 5.92. The third-order valence-electron chi connectivity index (χ3n) is 9.78. The second kappa shape index (κ2) is 13.9. The number of benzene rings is 2. The zero-order chi connectivity index (χ0) is 31.4. The van der Waals surface area contributed by atoms with Crippen LogP contribution in [0.1, 0.15) is 103 Å². The SMILES string of the molecule is CC.Cc1ccc(C(=C2CC3(C2)CN(C[C@H]2CCO2)C3)c2ccc(C(C)NC(=O)c3ccnc(C4CCOCC4)n3)cc2)cc1. The lowest BCUT2D eigenvalue weighted by atomic mass is 9.59. The minimum absolute atomic E-state index is 0.147. The quantitative estimate of drug-likeness (QED) is 0.300. The smallest absolute Gasteiger partial charge is 0.270 e. The van der Waals surface area contributed by atoms with E-state index in [4.69, 9.17) is 9.47 Å². The zero-order valence-electron chi connectivity index (χ0n) is 27.4. The van der Waals surface area contributed by atoms with E-state index in [1.54, 1.807) is 17.8 Å². The minimum Gasteiger partial charge on any atom is -0.381 e. The highest BCUT2D eigenvalue weighted by Crippen LogP contribution is 2.54. The predicted molar refractivity (Wildman–Crippen MR) is 178 cm³/mol. The van der Waals surface area contributed by atoms with Crippen LogP contribution >= 0.6 is 0 Å². The van der Waals surface area contributed by atoms with Crippen molar-refractivity contribution in [3.05, 3.63) is 100 Å². The summed E-state index contributed by atoms with van der Waals surface area (Å²) in [4.78, 5) is 24.8. The zero-order valence-corrected chi connectivity index (χ0v) is 27.4. The third kappa shape index (κ3) is 7.06. The number of carbonyl (C=O) groups is 1. The van der Waals surface area contributed by atoms with E-state index >= 15 is 0 Å². The summed E-state index contributed by atoms with van der Waals surface area (Å²) in [5, 5.41) is 3.15. The second-order valence-electron chi connectivity index (χ2n) is 13.2. The number of likely N-dealkylation sites (tertiary alicyclic amines) is 1. The van der Waals surface area contributed by atoms with Gasteiger partial charge in [0, 0.05) is 57.0 Å². The molecule has 7 nitrogen and oxygen atoms in total. The first-order valence-corrected chi connectivity index (χ1v) is 16.9. The Hall–Kier alpha value is -3.39. The first-order chi connectivity index (χ1) is 21.9. The van der Waals surface area contributed by atoms with Gasteiger partial charge in [0.2, 0.25) is 0 Å². The van der Waals surface area contributed by atoms with E-state index in [1.807, 2.05) is 20.8 Å². The molecule has 2 aromatic carbocycles. The van der Waals surface area contributed by atoms with Crippen molar-refractivity contribution in [3.63, 3.8) is 0 Å². The van der Waals surface area contributed by atoms with Crippen molar-refractivity contribution < 1.29 is 14.3 Å². The minimum atomic E-state index is -0.173. The number of nitrogens with zero attached hydrogens (tertiary/aromatic N) is 3. The van der Waals surface area contributed by atoms with E-state index < -0.39 is 0 Å². The van der Waals surface area contributed by atoms with E-state index in [2.05, 4.69) is 75.6 Å². The average Bonchev–Trinajstić information content (AvgIpc) is 3.02. The van der Waals surface area contributed by atoms with Gasteiger partial charge in [0.05, 0.1) is 12.1 Å². The molecule has 1 aliphatic carbocycles. The molecular weight excluding hydrogens is 560 g/mol. The van der Waals surface area contributed by atoms with Crippen molar-refractivity contribution in [2.75, 3.05) is 39.5 Å². The van der Waals surface area contributed by atoms with Gasteiger partial charge in [-0.05, 0) is 74.3 Å². The van der Waals surface area contributed by atoms with Gasteiger partial charge in [-0.1, -0.05) is 73.5 Å². The molecule has 3 saturated heterocycles. The first kappa shape index (κ1) is 31.6. The number of carbonyl (C=O) groups excluding carboxylic acids is 1. The lowest BCUT2D eigenvalue weighted by molar-refractivity contribution is -0.108. The first-order valence-electron chi connectivity index (χ1n) is 16.9. The summed E-state index contributed by atoms with van der Waals surface area (Å²) >= 11 is 0. The van der Waals surface area contributed by atoms with E-state index in [1.165, 1.54) is 54.6 Å². The number of hydrogen-bond acceptors (Lipinski definition) is 6. The maximum absolute atomic E-state index is 13.1. The van der Waals surface area contributed by atoms with Crippen LogP contribution < -0.4 is 5.32 Å². The van der Waals surface area contributed by atoms with Gasteiger partial charge >= 0.3 is 0 Å². The Bertz CT molecular complexity index is 1470. The number of amides is 1. The number of hydrogen-bond donors (Lipinski definition) is 1. The van der Waals surface area contributed by atoms with Gasteiger partial charge in [0.15, 0.2) is 0 Å². The number of nitrogens with one attached hydrogen (secondary N) is 1. The number of ether oxygens (including phenoxy) is 2. The van der Waals surface area contributed by atoms with Gasteiger partial charge in [-0.2, -0.15) is 0 Å². The van der Waals surface area contributed by atoms with Crippen molar-refractivity contribution in [1.29, 1.82) is 0 Å². The molecule has 0 bridgehead atoms. The van der Waals surface area contributed by atoms with Crippen LogP contribution in [-0.2, 0) is 9.47 Å². The molecule has 1 N–H and O–H groups in total. The van der Waals surface area contributed by atoms with Gasteiger partial charge in [-0.3, -0.25) is 9.69 Å². The normalized spacial score (nSPS) is 21.4. The number of aromatic nitrogens is 2. The van der Waals surface area contributed by atoms with E-state index in [0.717, 1.165) is 50.6 Å². The molecule has 3 aromatic rings. The molecule has 1 spiro atoms. The molecule has 1 saturated carbocycles. The summed E-state index contributed by atoms with van der Waals surface area (Å²) in [5.74, 6) is 0.816. The Morgan fingerprint density at radius 2 is 1.60 bits per heavy atom. The average molecular weight is 609 g/mol. The second-order valence-corrected chi connectivity index (χ2v) is 13.2. The molecule has 4 aliphatic rings. The Kier molecular flexibility index (Phi) is 9.78. The lowest BCUT2D eigenvalue weighted by Gasteiger charge is -2.58. The van der Waals surface area contributed by atoms with Crippen LogP contribution in [-0.4, -0.2) is 66.3 Å². The lowest BCUT2D eigenvalue weighted by Crippen LogP contribution is -2.62. The molecule has 0 radical (unpaired) electrons. The highest BCUT2D eigenvalue weighted by atomic mass is 16.5. The van der Waals surface area contributed by atoms with Crippen LogP contribution in [0.3, 0.4) is 0 Å². The summed E-state index contributed by atoms with van der Waals surface area (Å²) in [6.07, 6.45) is 7.48. The number of rotatable bonds is 8.